The van der Waals surface area contributed by atoms with Gasteiger partial charge in [0.2, 0.25) is 5.91 Å². The molecule has 8 nitrogen and oxygen atoms in total. The van der Waals surface area contributed by atoms with Crippen LogP contribution < -0.4 is 0 Å². The number of likely N-dealkylation sites (tertiary alicyclic amines) is 1. The number of likely N-dealkylation sites (N-methyl/N-ethyl adjacent to an activating group) is 1. The number of halogens is 3. The van der Waals surface area contributed by atoms with Crippen molar-refractivity contribution in [1.82, 2.24) is 14.7 Å². The molecule has 240 valence electrons. The number of alkyl halides is 3. The third-order valence-electron chi connectivity index (χ3n) is 10.4. The largest absolute Gasteiger partial charge is 0.448 e. The normalized spacial score (nSPS) is 29.1. The molecular weight excluding hydrogens is 563 g/mol. The van der Waals surface area contributed by atoms with Gasteiger partial charge >= 0.3 is 12.3 Å². The summed E-state index contributed by atoms with van der Waals surface area (Å²) in [6.45, 7) is 9.44. The summed E-state index contributed by atoms with van der Waals surface area (Å²) in [6, 6.07) is 3.85. The van der Waals surface area contributed by atoms with Crippen LogP contribution in [0, 0.1) is 23.2 Å². The number of nitrogens with zero attached hydrogens (tertiary/aromatic N) is 3. The Morgan fingerprint density at radius 1 is 1.16 bits per heavy atom. The van der Waals surface area contributed by atoms with E-state index >= 15 is 0 Å². The number of amides is 2. The molecule has 0 radical (unpaired) electrons. The van der Waals surface area contributed by atoms with E-state index in [0.717, 1.165) is 44.0 Å². The van der Waals surface area contributed by atoms with Gasteiger partial charge in [-0.2, -0.15) is 13.2 Å². The topological polar surface area (TPSA) is 71.5 Å². The molecule has 2 saturated heterocycles. The average molecular weight is 610 g/mol. The second kappa shape index (κ2) is 13.3. The Morgan fingerprint density at radius 2 is 1.95 bits per heavy atom. The molecule has 0 bridgehead atoms. The minimum atomic E-state index is -4.44. The molecule has 5 atom stereocenters. The number of hydrogen-bond acceptors (Lipinski definition) is 6. The molecule has 0 spiro atoms. The molecule has 3 fully saturated rings. The highest BCUT2D eigenvalue weighted by Crippen LogP contribution is 2.54. The van der Waals surface area contributed by atoms with Crippen LogP contribution in [-0.4, -0.2) is 99.0 Å². The summed E-state index contributed by atoms with van der Waals surface area (Å²) in [6.07, 6.45) is -0.975. The summed E-state index contributed by atoms with van der Waals surface area (Å²) >= 11 is 0. The molecule has 4 aliphatic rings. The molecule has 11 heteroatoms. The lowest BCUT2D eigenvalue weighted by molar-refractivity contribution is -0.144. The van der Waals surface area contributed by atoms with Gasteiger partial charge in [-0.1, -0.05) is 19.9 Å². The summed E-state index contributed by atoms with van der Waals surface area (Å²) in [5, 5.41) is 0. The standard InChI is InChI=1S/C32H46F3N3O5/c1-4-36(5-2)11-13-43-30(40)38-19-27-15-22(14-24-9-12-42-20-28(24)41-3)17-31(27,21-38)29(39)37-10-8-23-6-7-26(32(33,34)35)16-25(23)18-37/h6-7,16,22,24,27-28H,4-5,8-15,17-21H2,1-3H3/t22-,24?,27+,28?,31+/m1/s1. The van der Waals surface area contributed by atoms with E-state index in [0.29, 0.717) is 63.1 Å². The highest BCUT2D eigenvalue weighted by molar-refractivity contribution is 5.86. The minimum Gasteiger partial charge on any atom is -0.448 e. The molecule has 2 amide bonds. The number of rotatable bonds is 9. The van der Waals surface area contributed by atoms with Crippen molar-refractivity contribution >= 4 is 12.0 Å². The first-order valence-corrected chi connectivity index (χ1v) is 15.8. The number of hydrogen-bond donors (Lipinski definition) is 0. The zero-order chi connectivity index (χ0) is 30.8. The first kappa shape index (κ1) is 32.0. The van der Waals surface area contributed by atoms with Gasteiger partial charge in [0.15, 0.2) is 0 Å². The van der Waals surface area contributed by atoms with E-state index in [4.69, 9.17) is 14.2 Å². The Kier molecular flexibility index (Phi) is 9.92. The maximum atomic E-state index is 14.5. The van der Waals surface area contributed by atoms with Crippen LogP contribution >= 0.6 is 0 Å². The minimum absolute atomic E-state index is 0.0240. The molecule has 5 rings (SSSR count). The van der Waals surface area contributed by atoms with Crippen molar-refractivity contribution in [3.05, 3.63) is 34.9 Å². The maximum Gasteiger partial charge on any atom is 0.416 e. The van der Waals surface area contributed by atoms with Crippen LogP contribution in [0.25, 0.3) is 0 Å². The van der Waals surface area contributed by atoms with E-state index in [2.05, 4.69) is 18.7 Å². The predicted octanol–water partition coefficient (Wildman–Crippen LogP) is 4.84. The van der Waals surface area contributed by atoms with E-state index in [1.807, 2.05) is 0 Å². The van der Waals surface area contributed by atoms with Crippen LogP contribution in [0.1, 0.15) is 56.2 Å². The average Bonchev–Trinajstić information content (AvgIpc) is 3.53. The zero-order valence-electron chi connectivity index (χ0n) is 25.7. The Hall–Kier alpha value is -2.37. The third-order valence-corrected chi connectivity index (χ3v) is 10.4. The molecule has 0 N–H and O–H groups in total. The predicted molar refractivity (Wildman–Crippen MR) is 154 cm³/mol. The molecule has 0 aromatic heterocycles. The lowest BCUT2D eigenvalue weighted by Crippen LogP contribution is -2.49. The molecule has 1 aromatic rings. The lowest BCUT2D eigenvalue weighted by atomic mass is 9.77. The Bertz CT molecular complexity index is 1150. The summed E-state index contributed by atoms with van der Waals surface area (Å²) < 4.78 is 57.4. The van der Waals surface area contributed by atoms with Gasteiger partial charge < -0.3 is 28.9 Å². The number of benzene rings is 1. The van der Waals surface area contributed by atoms with Crippen LogP contribution in [0.5, 0.6) is 0 Å². The number of carbonyl (C=O) groups is 2. The molecule has 43 heavy (non-hydrogen) atoms. The van der Waals surface area contributed by atoms with Gasteiger partial charge in [0.25, 0.3) is 0 Å². The van der Waals surface area contributed by atoms with Crippen molar-refractivity contribution in [2.45, 2.75) is 64.8 Å². The molecule has 1 aliphatic carbocycles. The molecule has 2 unspecified atom stereocenters. The van der Waals surface area contributed by atoms with Gasteiger partial charge in [0.1, 0.15) is 6.61 Å². The summed E-state index contributed by atoms with van der Waals surface area (Å²) in [7, 11) is 1.71. The first-order valence-electron chi connectivity index (χ1n) is 15.8. The van der Waals surface area contributed by atoms with Gasteiger partial charge in [0, 0.05) is 46.4 Å². The van der Waals surface area contributed by atoms with E-state index in [-0.39, 0.29) is 37.6 Å². The van der Waals surface area contributed by atoms with Crippen LogP contribution in [0.3, 0.4) is 0 Å². The smallest absolute Gasteiger partial charge is 0.416 e. The number of ether oxygens (including phenoxy) is 3. The third kappa shape index (κ3) is 6.83. The van der Waals surface area contributed by atoms with Gasteiger partial charge in [-0.05, 0) is 86.2 Å². The molecule has 1 aromatic carbocycles. The Balaban J connectivity index is 1.33. The first-order chi connectivity index (χ1) is 20.6. The van der Waals surface area contributed by atoms with E-state index in [1.54, 1.807) is 16.9 Å². The monoisotopic (exact) mass is 609 g/mol. The van der Waals surface area contributed by atoms with Gasteiger partial charge in [-0.3, -0.25) is 4.79 Å². The van der Waals surface area contributed by atoms with Crippen molar-refractivity contribution in [1.29, 1.82) is 0 Å². The van der Waals surface area contributed by atoms with Crippen molar-refractivity contribution in [3.63, 3.8) is 0 Å². The van der Waals surface area contributed by atoms with Crippen LogP contribution in [-0.2, 0) is 38.1 Å². The van der Waals surface area contributed by atoms with Crippen molar-refractivity contribution in [3.8, 4) is 0 Å². The van der Waals surface area contributed by atoms with Crippen LogP contribution in [0.15, 0.2) is 18.2 Å². The van der Waals surface area contributed by atoms with Crippen LogP contribution in [0.2, 0.25) is 0 Å². The highest BCUT2D eigenvalue weighted by atomic mass is 19.4. The zero-order valence-corrected chi connectivity index (χ0v) is 25.7. The van der Waals surface area contributed by atoms with E-state index in [1.165, 1.54) is 12.1 Å². The van der Waals surface area contributed by atoms with Gasteiger partial charge in [-0.25, -0.2) is 4.79 Å². The summed E-state index contributed by atoms with van der Waals surface area (Å²) in [5.41, 5.74) is -0.0608. The van der Waals surface area contributed by atoms with Crippen molar-refractivity contribution < 1.29 is 37.0 Å². The molecule has 3 aliphatic heterocycles. The Morgan fingerprint density at radius 3 is 2.67 bits per heavy atom. The van der Waals surface area contributed by atoms with Gasteiger partial charge in [-0.15, -0.1) is 0 Å². The summed E-state index contributed by atoms with van der Waals surface area (Å²) in [5.74, 6) is 0.573. The lowest BCUT2D eigenvalue weighted by Gasteiger charge is -2.38. The van der Waals surface area contributed by atoms with E-state index < -0.39 is 23.2 Å². The number of methoxy groups -OCH3 is 1. The fourth-order valence-corrected chi connectivity index (χ4v) is 7.98. The van der Waals surface area contributed by atoms with E-state index in [9.17, 15) is 22.8 Å². The van der Waals surface area contributed by atoms with Crippen molar-refractivity contribution in [2.24, 2.45) is 23.2 Å². The maximum absolute atomic E-state index is 14.5. The van der Waals surface area contributed by atoms with Crippen molar-refractivity contribution in [2.75, 3.05) is 66.2 Å². The van der Waals surface area contributed by atoms with Crippen LogP contribution in [0.4, 0.5) is 18.0 Å². The molecule has 3 heterocycles. The second-order valence-electron chi connectivity index (χ2n) is 12.8. The Labute approximate surface area is 252 Å². The molecular formula is C32H46F3N3O5. The summed E-state index contributed by atoms with van der Waals surface area (Å²) in [4.78, 5) is 33.3. The second-order valence-corrected chi connectivity index (χ2v) is 12.8. The quantitative estimate of drug-likeness (QED) is 0.399. The fraction of sp³-hybridized carbons (Fsp3) is 0.750. The van der Waals surface area contributed by atoms with Gasteiger partial charge in [0.05, 0.1) is 23.7 Å². The number of fused-ring (bicyclic) bond motifs is 2. The SMILES string of the molecule is CCN(CC)CCOC(=O)N1C[C@@H]2C[C@@H](CC3CCOCC3OC)C[C@]2(C(=O)N2CCc3ccc(C(F)(F)F)cc3C2)C1. The highest BCUT2D eigenvalue weighted by Gasteiger charge is 2.60. The fourth-order valence-electron chi connectivity index (χ4n) is 7.98. The molecule has 1 saturated carbocycles. The number of carbonyl (C=O) groups excluding carboxylic acids is 2.